The van der Waals surface area contributed by atoms with Gasteiger partial charge in [-0.3, -0.25) is 4.79 Å². The molecule has 1 N–H and O–H groups in total. The van der Waals surface area contributed by atoms with Gasteiger partial charge in [-0.05, 0) is 29.8 Å². The third-order valence-electron chi connectivity index (χ3n) is 2.96. The van der Waals surface area contributed by atoms with Crippen LogP contribution in [0.1, 0.15) is 15.9 Å². The van der Waals surface area contributed by atoms with Gasteiger partial charge in [-0.1, -0.05) is 23.7 Å². The molecule has 110 valence electrons. The van der Waals surface area contributed by atoms with Crippen LogP contribution in [0.4, 0.5) is 0 Å². The second-order valence-electron chi connectivity index (χ2n) is 4.41. The molecule has 4 nitrogen and oxygen atoms in total. The zero-order chi connectivity index (χ0) is 15.2. The predicted molar refractivity (Wildman–Crippen MR) is 82.2 cm³/mol. The summed E-state index contributed by atoms with van der Waals surface area (Å²) < 4.78 is 10.3. The maximum absolute atomic E-state index is 12.2. The summed E-state index contributed by atoms with van der Waals surface area (Å²) in [6.07, 6.45) is 0. The molecule has 5 heteroatoms. The molecular formula is C16H16ClNO3. The van der Waals surface area contributed by atoms with E-state index in [1.165, 1.54) is 0 Å². The summed E-state index contributed by atoms with van der Waals surface area (Å²) in [5.41, 5.74) is 1.42. The Morgan fingerprint density at radius 3 is 2.33 bits per heavy atom. The van der Waals surface area contributed by atoms with E-state index in [1.807, 2.05) is 18.2 Å². The topological polar surface area (TPSA) is 47.6 Å². The van der Waals surface area contributed by atoms with Crippen LogP contribution in [0.5, 0.6) is 11.5 Å². The van der Waals surface area contributed by atoms with E-state index in [0.717, 1.165) is 5.56 Å². The number of hydrogen-bond donors (Lipinski definition) is 1. The van der Waals surface area contributed by atoms with E-state index in [4.69, 9.17) is 21.1 Å². The highest BCUT2D eigenvalue weighted by molar-refractivity contribution is 6.30. The second kappa shape index (κ2) is 6.99. The fourth-order valence-electron chi connectivity index (χ4n) is 1.87. The van der Waals surface area contributed by atoms with Crippen LogP contribution in [0.3, 0.4) is 0 Å². The van der Waals surface area contributed by atoms with Crippen LogP contribution in [0.15, 0.2) is 42.5 Å². The first-order valence-electron chi connectivity index (χ1n) is 6.38. The molecule has 0 spiro atoms. The number of benzene rings is 2. The SMILES string of the molecule is COc1cc(OC)cc(C(=O)NCc2cccc(Cl)c2)c1. The normalized spacial score (nSPS) is 10.0. The molecule has 2 aromatic carbocycles. The summed E-state index contributed by atoms with van der Waals surface area (Å²) in [6, 6.07) is 12.4. The summed E-state index contributed by atoms with van der Waals surface area (Å²) >= 11 is 5.91. The Balaban J connectivity index is 2.09. The molecule has 0 atom stereocenters. The van der Waals surface area contributed by atoms with Gasteiger partial charge in [-0.25, -0.2) is 0 Å². The van der Waals surface area contributed by atoms with Crippen molar-refractivity contribution in [1.29, 1.82) is 0 Å². The number of halogens is 1. The summed E-state index contributed by atoms with van der Waals surface area (Å²) in [4.78, 5) is 12.2. The molecule has 0 aliphatic heterocycles. The van der Waals surface area contributed by atoms with E-state index in [9.17, 15) is 4.79 Å². The number of methoxy groups -OCH3 is 2. The summed E-state index contributed by atoms with van der Waals surface area (Å²) in [5, 5.41) is 3.48. The number of carbonyl (C=O) groups excluding carboxylic acids is 1. The van der Waals surface area contributed by atoms with Crippen LogP contribution in [0, 0.1) is 0 Å². The Morgan fingerprint density at radius 1 is 1.10 bits per heavy atom. The van der Waals surface area contributed by atoms with E-state index < -0.39 is 0 Å². The fourth-order valence-corrected chi connectivity index (χ4v) is 2.08. The smallest absolute Gasteiger partial charge is 0.251 e. The van der Waals surface area contributed by atoms with Crippen molar-refractivity contribution in [2.45, 2.75) is 6.54 Å². The summed E-state index contributed by atoms with van der Waals surface area (Å²) in [7, 11) is 3.09. The largest absolute Gasteiger partial charge is 0.497 e. The minimum atomic E-state index is -0.202. The van der Waals surface area contributed by atoms with Crippen molar-refractivity contribution in [2.24, 2.45) is 0 Å². The lowest BCUT2D eigenvalue weighted by Crippen LogP contribution is -2.22. The maximum atomic E-state index is 12.2. The molecule has 0 aliphatic carbocycles. The molecule has 0 saturated carbocycles. The Hall–Kier alpha value is -2.20. The number of amides is 1. The van der Waals surface area contributed by atoms with E-state index in [2.05, 4.69) is 5.32 Å². The minimum Gasteiger partial charge on any atom is -0.497 e. The first-order valence-corrected chi connectivity index (χ1v) is 6.76. The van der Waals surface area contributed by atoms with Crippen LogP contribution in [0.2, 0.25) is 5.02 Å². The van der Waals surface area contributed by atoms with Gasteiger partial charge >= 0.3 is 0 Å². The molecule has 2 aromatic rings. The number of nitrogens with one attached hydrogen (secondary N) is 1. The molecule has 21 heavy (non-hydrogen) atoms. The zero-order valence-corrected chi connectivity index (χ0v) is 12.6. The van der Waals surface area contributed by atoms with Gasteiger partial charge in [0.25, 0.3) is 5.91 Å². The zero-order valence-electron chi connectivity index (χ0n) is 11.9. The van der Waals surface area contributed by atoms with E-state index >= 15 is 0 Å². The number of ether oxygens (including phenoxy) is 2. The molecule has 2 rings (SSSR count). The van der Waals surface area contributed by atoms with E-state index in [1.54, 1.807) is 38.5 Å². The van der Waals surface area contributed by atoms with Crippen LogP contribution in [0.25, 0.3) is 0 Å². The predicted octanol–water partition coefficient (Wildman–Crippen LogP) is 3.29. The third-order valence-corrected chi connectivity index (χ3v) is 3.19. The monoisotopic (exact) mass is 305 g/mol. The van der Waals surface area contributed by atoms with Crippen LogP contribution in [-0.4, -0.2) is 20.1 Å². The van der Waals surface area contributed by atoms with Crippen molar-refractivity contribution < 1.29 is 14.3 Å². The molecule has 0 bridgehead atoms. The third kappa shape index (κ3) is 4.13. The molecule has 1 amide bonds. The first kappa shape index (κ1) is 15.2. The van der Waals surface area contributed by atoms with Gasteiger partial charge in [0.15, 0.2) is 0 Å². The van der Waals surface area contributed by atoms with Crippen molar-refractivity contribution in [3.8, 4) is 11.5 Å². The first-order chi connectivity index (χ1) is 10.1. The summed E-state index contributed by atoms with van der Waals surface area (Å²) in [5.74, 6) is 0.941. The highest BCUT2D eigenvalue weighted by atomic mass is 35.5. The van der Waals surface area contributed by atoms with Crippen LogP contribution >= 0.6 is 11.6 Å². The summed E-state index contributed by atoms with van der Waals surface area (Å²) in [6.45, 7) is 0.402. The van der Waals surface area contributed by atoms with Gasteiger partial charge in [0.2, 0.25) is 0 Å². The Bertz CT molecular complexity index is 621. The van der Waals surface area contributed by atoms with E-state index in [-0.39, 0.29) is 5.91 Å². The maximum Gasteiger partial charge on any atom is 0.251 e. The van der Waals surface area contributed by atoms with Crippen LogP contribution in [-0.2, 0) is 6.54 Å². The molecule has 0 radical (unpaired) electrons. The minimum absolute atomic E-state index is 0.202. The molecule has 0 aliphatic rings. The average molecular weight is 306 g/mol. The van der Waals surface area contributed by atoms with Gasteiger partial charge in [0.05, 0.1) is 14.2 Å². The van der Waals surface area contributed by atoms with Crippen molar-refractivity contribution in [1.82, 2.24) is 5.32 Å². The van der Waals surface area contributed by atoms with Gasteiger partial charge < -0.3 is 14.8 Å². The molecule has 0 saturated heterocycles. The van der Waals surface area contributed by atoms with Crippen molar-refractivity contribution >= 4 is 17.5 Å². The highest BCUT2D eigenvalue weighted by Gasteiger charge is 2.09. The van der Waals surface area contributed by atoms with Crippen molar-refractivity contribution in [2.75, 3.05) is 14.2 Å². The quantitative estimate of drug-likeness (QED) is 0.922. The Labute approximate surface area is 128 Å². The highest BCUT2D eigenvalue weighted by Crippen LogP contribution is 2.22. The van der Waals surface area contributed by atoms with Gasteiger partial charge in [0, 0.05) is 23.2 Å². The molecule has 0 heterocycles. The lowest BCUT2D eigenvalue weighted by Gasteiger charge is -2.09. The van der Waals surface area contributed by atoms with Crippen molar-refractivity contribution in [3.63, 3.8) is 0 Å². The fraction of sp³-hybridized carbons (Fsp3) is 0.188. The number of hydrogen-bond acceptors (Lipinski definition) is 3. The van der Waals surface area contributed by atoms with Gasteiger partial charge in [-0.2, -0.15) is 0 Å². The second-order valence-corrected chi connectivity index (χ2v) is 4.85. The Kier molecular flexibility index (Phi) is 5.06. The molecular weight excluding hydrogens is 290 g/mol. The average Bonchev–Trinajstić information content (AvgIpc) is 2.52. The molecule has 0 fully saturated rings. The van der Waals surface area contributed by atoms with Gasteiger partial charge in [0.1, 0.15) is 11.5 Å². The number of carbonyl (C=O) groups is 1. The van der Waals surface area contributed by atoms with Crippen LogP contribution < -0.4 is 14.8 Å². The lowest BCUT2D eigenvalue weighted by atomic mass is 10.1. The Morgan fingerprint density at radius 2 is 1.76 bits per heavy atom. The van der Waals surface area contributed by atoms with E-state index in [0.29, 0.717) is 28.6 Å². The molecule has 0 aromatic heterocycles. The van der Waals surface area contributed by atoms with Crippen molar-refractivity contribution in [3.05, 3.63) is 58.6 Å². The lowest BCUT2D eigenvalue weighted by molar-refractivity contribution is 0.0950. The standard InChI is InChI=1S/C16H16ClNO3/c1-20-14-7-12(8-15(9-14)21-2)16(19)18-10-11-4-3-5-13(17)6-11/h3-9H,10H2,1-2H3,(H,18,19). The number of rotatable bonds is 5. The molecule has 0 unspecified atom stereocenters. The van der Waals surface area contributed by atoms with Gasteiger partial charge in [-0.15, -0.1) is 0 Å².